The van der Waals surface area contributed by atoms with Gasteiger partial charge in [0.15, 0.2) is 12.2 Å². The van der Waals surface area contributed by atoms with Gasteiger partial charge in [-0.05, 0) is 31.6 Å². The van der Waals surface area contributed by atoms with E-state index in [9.17, 15) is 43.2 Å². The summed E-state index contributed by atoms with van der Waals surface area (Å²) >= 11 is 0. The molecule has 0 saturated carbocycles. The Morgan fingerprint density at radius 2 is 0.469 bits per heavy atom. The maximum atomic E-state index is 13.1. The van der Waals surface area contributed by atoms with Gasteiger partial charge in [0.25, 0.3) is 0 Å². The van der Waals surface area contributed by atoms with Crippen LogP contribution in [0.5, 0.6) is 0 Å². The molecule has 0 aromatic heterocycles. The Hall–Kier alpha value is -1.94. The predicted octanol–water partition coefficient (Wildman–Crippen LogP) is 23.6. The maximum absolute atomic E-state index is 13.1. The van der Waals surface area contributed by atoms with Gasteiger partial charge in [-0.3, -0.25) is 37.3 Å². The normalized spacial score (nSPS) is 13.9. The molecular formula is C79H154O17P2. The molecule has 19 heteroatoms. The van der Waals surface area contributed by atoms with Gasteiger partial charge in [-0.1, -0.05) is 369 Å². The molecule has 98 heavy (non-hydrogen) atoms. The zero-order valence-electron chi connectivity index (χ0n) is 63.9. The second-order valence-corrected chi connectivity index (χ2v) is 31.8. The van der Waals surface area contributed by atoms with Crippen molar-refractivity contribution >= 4 is 39.5 Å². The monoisotopic (exact) mass is 1440 g/mol. The van der Waals surface area contributed by atoms with Crippen molar-refractivity contribution in [1.82, 2.24) is 0 Å². The van der Waals surface area contributed by atoms with Crippen molar-refractivity contribution in [1.29, 1.82) is 0 Å². The van der Waals surface area contributed by atoms with E-state index in [0.29, 0.717) is 25.7 Å². The largest absolute Gasteiger partial charge is 0.472 e. The third-order valence-electron chi connectivity index (χ3n) is 18.5. The van der Waals surface area contributed by atoms with Crippen molar-refractivity contribution in [3.8, 4) is 0 Å². The van der Waals surface area contributed by atoms with Gasteiger partial charge in [-0.2, -0.15) is 0 Å². The molecule has 0 amide bonds. The van der Waals surface area contributed by atoms with Crippen LogP contribution in [0.3, 0.4) is 0 Å². The summed E-state index contributed by atoms with van der Waals surface area (Å²) in [6.07, 6.45) is 62.6. The highest BCUT2D eigenvalue weighted by Gasteiger charge is 2.30. The number of phosphoric ester groups is 2. The summed E-state index contributed by atoms with van der Waals surface area (Å²) in [5.41, 5.74) is 0. The number of hydrogen-bond donors (Lipinski definition) is 3. The highest BCUT2D eigenvalue weighted by atomic mass is 31.2. The minimum atomic E-state index is -4.96. The number of unbranched alkanes of at least 4 members (excludes halogenated alkanes) is 51. The van der Waals surface area contributed by atoms with Crippen LogP contribution < -0.4 is 0 Å². The molecule has 17 nitrogen and oxygen atoms in total. The molecule has 0 radical (unpaired) electrons. The van der Waals surface area contributed by atoms with Crippen LogP contribution in [0.25, 0.3) is 0 Å². The lowest BCUT2D eigenvalue weighted by molar-refractivity contribution is -0.161. The zero-order valence-corrected chi connectivity index (χ0v) is 65.7. The average molecular weight is 1440 g/mol. The van der Waals surface area contributed by atoms with Crippen LogP contribution >= 0.6 is 15.6 Å². The molecule has 0 bridgehead atoms. The molecule has 0 saturated heterocycles. The maximum Gasteiger partial charge on any atom is 0.472 e. The summed E-state index contributed by atoms with van der Waals surface area (Å²) in [6.45, 7) is 7.30. The zero-order chi connectivity index (χ0) is 71.9. The van der Waals surface area contributed by atoms with Gasteiger partial charge >= 0.3 is 39.5 Å². The van der Waals surface area contributed by atoms with E-state index in [-0.39, 0.29) is 25.7 Å². The summed E-state index contributed by atoms with van der Waals surface area (Å²) in [4.78, 5) is 72.8. The summed E-state index contributed by atoms with van der Waals surface area (Å²) in [7, 11) is -9.91. The first-order valence-electron chi connectivity index (χ1n) is 41.1. The first-order valence-corrected chi connectivity index (χ1v) is 44.1. The number of ether oxygens (including phenoxy) is 4. The molecule has 0 aliphatic rings. The van der Waals surface area contributed by atoms with Crippen LogP contribution in [0.1, 0.15) is 420 Å². The van der Waals surface area contributed by atoms with E-state index in [2.05, 4.69) is 34.6 Å². The molecule has 582 valence electrons. The minimum Gasteiger partial charge on any atom is -0.462 e. The summed E-state index contributed by atoms with van der Waals surface area (Å²) in [5, 5.41) is 10.6. The van der Waals surface area contributed by atoms with Crippen LogP contribution in [0.4, 0.5) is 0 Å². The first-order chi connectivity index (χ1) is 47.5. The van der Waals surface area contributed by atoms with Gasteiger partial charge in [-0.25, -0.2) is 9.13 Å². The lowest BCUT2D eigenvalue weighted by Crippen LogP contribution is -2.30. The van der Waals surface area contributed by atoms with Gasteiger partial charge < -0.3 is 33.8 Å². The van der Waals surface area contributed by atoms with E-state index in [1.54, 1.807) is 0 Å². The van der Waals surface area contributed by atoms with Gasteiger partial charge in [-0.15, -0.1) is 0 Å². The third kappa shape index (κ3) is 72.4. The average Bonchev–Trinajstić information content (AvgIpc) is 1.08. The lowest BCUT2D eigenvalue weighted by Gasteiger charge is -2.21. The Morgan fingerprint density at radius 3 is 0.694 bits per heavy atom. The number of phosphoric acid groups is 2. The van der Waals surface area contributed by atoms with E-state index >= 15 is 0 Å². The number of carbonyl (C=O) groups is 4. The van der Waals surface area contributed by atoms with Gasteiger partial charge in [0.05, 0.1) is 26.4 Å². The van der Waals surface area contributed by atoms with E-state index in [0.717, 1.165) is 102 Å². The molecule has 3 N–H and O–H groups in total. The van der Waals surface area contributed by atoms with Crippen molar-refractivity contribution < 1.29 is 80.2 Å². The topological polar surface area (TPSA) is 237 Å². The molecule has 5 atom stereocenters. The predicted molar refractivity (Wildman–Crippen MR) is 400 cm³/mol. The second kappa shape index (κ2) is 72.0. The highest BCUT2D eigenvalue weighted by Crippen LogP contribution is 2.45. The molecule has 0 aliphatic carbocycles. The quantitative estimate of drug-likeness (QED) is 0.0222. The number of carbonyl (C=O) groups excluding carboxylic acids is 4. The molecule has 0 heterocycles. The van der Waals surface area contributed by atoms with Crippen molar-refractivity contribution in [3.63, 3.8) is 0 Å². The van der Waals surface area contributed by atoms with E-state index in [1.807, 2.05) is 0 Å². The summed E-state index contributed by atoms with van der Waals surface area (Å²) in [6, 6.07) is 0. The molecule has 0 spiro atoms. The Balaban J connectivity index is 5.17. The molecule has 0 aromatic carbocycles. The highest BCUT2D eigenvalue weighted by molar-refractivity contribution is 7.47. The summed E-state index contributed by atoms with van der Waals surface area (Å²) < 4.78 is 68.5. The third-order valence-corrected chi connectivity index (χ3v) is 20.4. The van der Waals surface area contributed by atoms with Crippen molar-refractivity contribution in [2.75, 3.05) is 39.6 Å². The van der Waals surface area contributed by atoms with E-state index in [4.69, 9.17) is 37.0 Å². The van der Waals surface area contributed by atoms with Crippen molar-refractivity contribution in [2.24, 2.45) is 5.92 Å². The SMILES string of the molecule is CCCCCCCCCCCCCCCCCCCCCCCCC(=O)O[C@H](COC(=O)CCCCCCCCCCCCCCCC(C)C)COP(=O)(O)OC[C@@H](O)COP(=O)(O)OC[C@@H](COC(=O)CCCCCCCCCC)OC(=O)CCCCCCCCCCCCCC. The van der Waals surface area contributed by atoms with Crippen LogP contribution in [-0.4, -0.2) is 96.7 Å². The fraction of sp³-hybridized carbons (Fsp3) is 0.949. The molecular weight excluding hydrogens is 1280 g/mol. The van der Waals surface area contributed by atoms with Gasteiger partial charge in [0.1, 0.15) is 19.3 Å². The fourth-order valence-electron chi connectivity index (χ4n) is 12.2. The standard InChI is InChI=1S/C79H154O17P2/c1-6-9-12-15-18-21-23-25-26-27-28-29-30-31-32-33-36-41-45-50-55-60-65-79(84)96-75(69-90-77(82)63-58-53-48-43-40-37-34-35-38-42-46-51-56-61-72(4)5)71-94-98(87,88)92-67-73(80)66-91-97(85,86)93-70-74(68-89-76(81)62-57-52-47-20-17-14-11-8-3)95-78(83)64-59-54-49-44-39-24-22-19-16-13-10-7-2/h72-75,80H,6-71H2,1-5H3,(H,85,86)(H,87,88)/t73-,74+,75+/m0/s1. The van der Waals surface area contributed by atoms with Crippen LogP contribution in [-0.2, 0) is 65.4 Å². The number of aliphatic hydroxyl groups excluding tert-OH is 1. The van der Waals surface area contributed by atoms with Crippen molar-refractivity contribution in [3.05, 3.63) is 0 Å². The summed E-state index contributed by atoms with van der Waals surface area (Å²) in [5.74, 6) is -1.32. The Labute approximate surface area is 600 Å². The number of esters is 4. The number of rotatable bonds is 79. The Kier molecular flexibility index (Phi) is 70.6. The number of hydrogen-bond acceptors (Lipinski definition) is 15. The Bertz CT molecular complexity index is 1870. The Morgan fingerprint density at radius 1 is 0.276 bits per heavy atom. The van der Waals surface area contributed by atoms with Crippen LogP contribution in [0, 0.1) is 5.92 Å². The van der Waals surface area contributed by atoms with Gasteiger partial charge in [0.2, 0.25) is 0 Å². The van der Waals surface area contributed by atoms with Gasteiger partial charge in [0, 0.05) is 25.7 Å². The second-order valence-electron chi connectivity index (χ2n) is 28.9. The molecule has 0 aliphatic heterocycles. The number of aliphatic hydroxyl groups is 1. The van der Waals surface area contributed by atoms with Crippen LogP contribution in [0.15, 0.2) is 0 Å². The van der Waals surface area contributed by atoms with Crippen molar-refractivity contribution in [2.45, 2.75) is 438 Å². The lowest BCUT2D eigenvalue weighted by atomic mass is 10.0. The van der Waals surface area contributed by atoms with Crippen LogP contribution in [0.2, 0.25) is 0 Å². The molecule has 0 fully saturated rings. The molecule has 0 rings (SSSR count). The molecule has 0 aromatic rings. The molecule has 2 unspecified atom stereocenters. The minimum absolute atomic E-state index is 0.108. The fourth-order valence-corrected chi connectivity index (χ4v) is 13.8. The van der Waals surface area contributed by atoms with E-state index < -0.39 is 97.5 Å². The first kappa shape index (κ1) is 96.1. The smallest absolute Gasteiger partial charge is 0.462 e. The van der Waals surface area contributed by atoms with E-state index in [1.165, 1.54) is 238 Å².